The molecule has 3 aromatic rings. The molecule has 0 amide bonds. The lowest BCUT2D eigenvalue weighted by molar-refractivity contribution is 1.27. The summed E-state index contributed by atoms with van der Waals surface area (Å²) >= 11 is 5.05. The first kappa shape index (κ1) is 12.3. The number of benzene rings is 1. The van der Waals surface area contributed by atoms with Crippen LogP contribution in [0.4, 0.5) is 5.82 Å². The van der Waals surface area contributed by atoms with Crippen molar-refractivity contribution in [3.8, 4) is 0 Å². The number of hydrazone groups is 1. The lowest BCUT2D eigenvalue weighted by atomic mass is 10.2. The molecular formula is C14H10BrN3S. The van der Waals surface area contributed by atoms with Gasteiger partial charge in [0, 0.05) is 10.3 Å². The molecule has 0 atom stereocenters. The van der Waals surface area contributed by atoms with Crippen molar-refractivity contribution in [3.63, 3.8) is 0 Å². The fourth-order valence-electron chi connectivity index (χ4n) is 1.69. The molecule has 0 unspecified atom stereocenters. The summed E-state index contributed by atoms with van der Waals surface area (Å²) in [6.07, 6.45) is 1.78. The Morgan fingerprint density at radius 2 is 2.00 bits per heavy atom. The van der Waals surface area contributed by atoms with Gasteiger partial charge < -0.3 is 0 Å². The summed E-state index contributed by atoms with van der Waals surface area (Å²) in [7, 11) is 0. The van der Waals surface area contributed by atoms with Gasteiger partial charge in [-0.25, -0.2) is 4.98 Å². The van der Waals surface area contributed by atoms with Gasteiger partial charge in [0.05, 0.1) is 15.5 Å². The minimum Gasteiger partial charge on any atom is -0.261 e. The monoisotopic (exact) mass is 331 g/mol. The van der Waals surface area contributed by atoms with Gasteiger partial charge >= 0.3 is 0 Å². The van der Waals surface area contributed by atoms with Crippen LogP contribution in [0.3, 0.4) is 0 Å². The van der Waals surface area contributed by atoms with Crippen LogP contribution < -0.4 is 5.43 Å². The van der Waals surface area contributed by atoms with Crippen LogP contribution in [0, 0.1) is 0 Å². The Morgan fingerprint density at radius 3 is 2.84 bits per heavy atom. The molecule has 19 heavy (non-hydrogen) atoms. The van der Waals surface area contributed by atoms with E-state index in [9.17, 15) is 0 Å². The predicted molar refractivity (Wildman–Crippen MR) is 85.0 cm³/mol. The van der Waals surface area contributed by atoms with Crippen LogP contribution in [-0.2, 0) is 0 Å². The second-order valence-electron chi connectivity index (χ2n) is 3.90. The van der Waals surface area contributed by atoms with Gasteiger partial charge in [-0.05, 0) is 46.3 Å². The third-order valence-electron chi connectivity index (χ3n) is 2.56. The Kier molecular flexibility index (Phi) is 3.57. The predicted octanol–water partition coefficient (Wildman–Crippen LogP) is 4.50. The Bertz CT molecular complexity index is 736. The van der Waals surface area contributed by atoms with E-state index in [1.54, 1.807) is 17.6 Å². The first-order chi connectivity index (χ1) is 9.31. The van der Waals surface area contributed by atoms with Gasteiger partial charge in [-0.15, -0.1) is 11.3 Å². The van der Waals surface area contributed by atoms with Crippen LogP contribution in [0.1, 0.15) is 4.88 Å². The second-order valence-corrected chi connectivity index (χ2v) is 6.40. The van der Waals surface area contributed by atoms with Crippen molar-refractivity contribution < 1.29 is 0 Å². The number of thiophene rings is 1. The molecule has 94 valence electrons. The highest BCUT2D eigenvalue weighted by Gasteiger charge is 1.96. The maximum Gasteiger partial charge on any atom is 0.146 e. The molecule has 5 heteroatoms. The van der Waals surface area contributed by atoms with Crippen LogP contribution in [0.15, 0.2) is 57.4 Å². The van der Waals surface area contributed by atoms with Gasteiger partial charge in [0.1, 0.15) is 5.82 Å². The molecule has 0 bridgehead atoms. The molecule has 0 aliphatic carbocycles. The number of pyridine rings is 1. The van der Waals surface area contributed by atoms with E-state index in [1.807, 2.05) is 48.5 Å². The lowest BCUT2D eigenvalue weighted by Gasteiger charge is -2.01. The highest BCUT2D eigenvalue weighted by Crippen LogP contribution is 2.20. The zero-order chi connectivity index (χ0) is 13.1. The molecule has 2 heterocycles. The van der Waals surface area contributed by atoms with Crippen molar-refractivity contribution >= 4 is 50.2 Å². The van der Waals surface area contributed by atoms with Crippen LogP contribution >= 0.6 is 27.3 Å². The zero-order valence-electron chi connectivity index (χ0n) is 9.88. The van der Waals surface area contributed by atoms with E-state index in [4.69, 9.17) is 0 Å². The van der Waals surface area contributed by atoms with Crippen LogP contribution in [0.2, 0.25) is 0 Å². The van der Waals surface area contributed by atoms with Gasteiger partial charge in [0.25, 0.3) is 0 Å². The topological polar surface area (TPSA) is 37.3 Å². The van der Waals surface area contributed by atoms with Gasteiger partial charge in [-0.1, -0.05) is 18.2 Å². The number of aromatic nitrogens is 1. The van der Waals surface area contributed by atoms with Crippen molar-refractivity contribution in [2.24, 2.45) is 5.10 Å². The zero-order valence-corrected chi connectivity index (χ0v) is 12.3. The molecule has 1 N–H and O–H groups in total. The maximum atomic E-state index is 4.48. The number of halogens is 1. The highest BCUT2D eigenvalue weighted by atomic mass is 79.9. The first-order valence-corrected chi connectivity index (χ1v) is 7.32. The van der Waals surface area contributed by atoms with Crippen molar-refractivity contribution in [1.29, 1.82) is 0 Å². The highest BCUT2D eigenvalue weighted by molar-refractivity contribution is 9.11. The quantitative estimate of drug-likeness (QED) is 0.566. The van der Waals surface area contributed by atoms with Crippen LogP contribution in [0.25, 0.3) is 10.9 Å². The average Bonchev–Trinajstić information content (AvgIpc) is 2.84. The van der Waals surface area contributed by atoms with Crippen LogP contribution in [0.5, 0.6) is 0 Å². The Labute approximate surface area is 123 Å². The summed E-state index contributed by atoms with van der Waals surface area (Å²) in [4.78, 5) is 5.56. The van der Waals surface area contributed by atoms with Gasteiger partial charge in [0.2, 0.25) is 0 Å². The minimum atomic E-state index is 0.741. The number of para-hydroxylation sites is 1. The smallest absolute Gasteiger partial charge is 0.146 e. The molecule has 0 saturated heterocycles. The molecule has 0 spiro atoms. The molecule has 0 fully saturated rings. The fraction of sp³-hybridized carbons (Fsp3) is 0. The number of nitrogens with zero attached hydrogens (tertiary/aromatic N) is 2. The van der Waals surface area contributed by atoms with Gasteiger partial charge in [0.15, 0.2) is 0 Å². The summed E-state index contributed by atoms with van der Waals surface area (Å²) in [5, 5.41) is 5.31. The number of rotatable bonds is 3. The van der Waals surface area contributed by atoms with E-state index in [0.717, 1.165) is 25.4 Å². The molecule has 0 saturated carbocycles. The summed E-state index contributed by atoms with van der Waals surface area (Å²) in [5.41, 5.74) is 3.90. The van der Waals surface area contributed by atoms with E-state index in [1.165, 1.54) is 0 Å². The summed E-state index contributed by atoms with van der Waals surface area (Å²) in [6.45, 7) is 0. The van der Waals surface area contributed by atoms with E-state index in [-0.39, 0.29) is 0 Å². The Hall–Kier alpha value is -1.72. The van der Waals surface area contributed by atoms with Gasteiger partial charge in [-0.2, -0.15) is 5.10 Å². The largest absolute Gasteiger partial charge is 0.261 e. The van der Waals surface area contributed by atoms with Crippen molar-refractivity contribution in [3.05, 3.63) is 57.2 Å². The Balaban J connectivity index is 1.76. The third kappa shape index (κ3) is 3.00. The number of fused-ring (bicyclic) bond motifs is 1. The molecule has 0 radical (unpaired) electrons. The van der Waals surface area contributed by atoms with E-state index < -0.39 is 0 Å². The molecule has 0 aliphatic heterocycles. The van der Waals surface area contributed by atoms with E-state index >= 15 is 0 Å². The van der Waals surface area contributed by atoms with Crippen molar-refractivity contribution in [2.45, 2.75) is 0 Å². The summed E-state index contributed by atoms with van der Waals surface area (Å²) in [6, 6.07) is 16.0. The lowest BCUT2D eigenvalue weighted by Crippen LogP contribution is -1.92. The fourth-order valence-corrected chi connectivity index (χ4v) is 2.98. The second kappa shape index (κ2) is 5.50. The number of nitrogens with one attached hydrogen (secondary N) is 1. The number of hydrogen-bond donors (Lipinski definition) is 1. The molecule has 0 aliphatic rings. The number of hydrogen-bond acceptors (Lipinski definition) is 4. The molecular weight excluding hydrogens is 322 g/mol. The molecule has 1 aromatic carbocycles. The van der Waals surface area contributed by atoms with Crippen molar-refractivity contribution in [2.75, 3.05) is 5.43 Å². The average molecular weight is 332 g/mol. The third-order valence-corrected chi connectivity index (χ3v) is 4.12. The number of anilines is 1. The molecule has 3 rings (SSSR count). The standard InChI is InChI=1S/C14H10BrN3S/c15-13-7-6-11(19-13)9-16-18-14-8-5-10-3-1-2-4-12(10)17-14/h1-9H,(H,17,18)/b16-9-. The molecule has 2 aromatic heterocycles. The first-order valence-electron chi connectivity index (χ1n) is 5.71. The minimum absolute atomic E-state index is 0.741. The maximum absolute atomic E-state index is 4.48. The normalized spacial score (nSPS) is 11.2. The van der Waals surface area contributed by atoms with Crippen LogP contribution in [-0.4, -0.2) is 11.2 Å². The van der Waals surface area contributed by atoms with E-state index in [2.05, 4.69) is 31.4 Å². The Morgan fingerprint density at radius 1 is 1.11 bits per heavy atom. The van der Waals surface area contributed by atoms with Gasteiger partial charge in [-0.3, -0.25) is 5.43 Å². The SMILES string of the molecule is Brc1ccc(/C=N\Nc2ccc3ccccc3n2)s1. The van der Waals surface area contributed by atoms with E-state index in [0.29, 0.717) is 0 Å². The summed E-state index contributed by atoms with van der Waals surface area (Å²) in [5.74, 6) is 0.741. The van der Waals surface area contributed by atoms with Crippen molar-refractivity contribution in [1.82, 2.24) is 4.98 Å². The molecule has 3 nitrogen and oxygen atoms in total. The summed E-state index contributed by atoms with van der Waals surface area (Å²) < 4.78 is 1.10.